The van der Waals surface area contributed by atoms with Crippen LogP contribution in [0.3, 0.4) is 0 Å². The standard InChI is InChI=1S/C18H25N3O7S2/c22-18(8-13-29(25,26)16-5-1-2-6-16)19-9-11-20(12-10-19)30(27,28)17-7-3-4-15(14-17)21(23)24/h3-4,7,14,16H,1-2,5-6,8-13H2. The number of nitrogens with zero attached hydrogens (tertiary/aromatic N) is 3. The van der Waals surface area contributed by atoms with E-state index in [1.165, 1.54) is 27.4 Å². The van der Waals surface area contributed by atoms with Crippen LogP contribution < -0.4 is 0 Å². The minimum absolute atomic E-state index is 0.0478. The number of amides is 1. The van der Waals surface area contributed by atoms with Crippen molar-refractivity contribution in [3.8, 4) is 0 Å². The minimum atomic E-state index is -3.92. The highest BCUT2D eigenvalue weighted by Crippen LogP contribution is 2.26. The van der Waals surface area contributed by atoms with Crippen LogP contribution >= 0.6 is 0 Å². The maximum absolute atomic E-state index is 12.8. The van der Waals surface area contributed by atoms with E-state index in [0.717, 1.165) is 18.9 Å². The molecule has 0 bridgehead atoms. The number of carbonyl (C=O) groups is 1. The lowest BCUT2D eigenvalue weighted by atomic mass is 10.3. The monoisotopic (exact) mass is 459 g/mol. The Morgan fingerprint density at radius 3 is 2.30 bits per heavy atom. The van der Waals surface area contributed by atoms with Crippen LogP contribution in [0.4, 0.5) is 5.69 Å². The number of nitro groups is 1. The van der Waals surface area contributed by atoms with Gasteiger partial charge in [0.25, 0.3) is 5.69 Å². The van der Waals surface area contributed by atoms with Gasteiger partial charge in [0.2, 0.25) is 15.9 Å². The van der Waals surface area contributed by atoms with Crippen molar-refractivity contribution in [2.24, 2.45) is 0 Å². The average Bonchev–Trinajstić information content (AvgIpc) is 3.28. The van der Waals surface area contributed by atoms with Crippen molar-refractivity contribution in [1.29, 1.82) is 0 Å². The molecule has 0 spiro atoms. The maximum Gasteiger partial charge on any atom is 0.270 e. The zero-order chi connectivity index (χ0) is 21.9. The number of non-ortho nitro benzene ring substituents is 1. The van der Waals surface area contributed by atoms with Gasteiger partial charge in [0.1, 0.15) is 0 Å². The fourth-order valence-electron chi connectivity index (χ4n) is 3.89. The topological polar surface area (TPSA) is 135 Å². The number of benzene rings is 1. The SMILES string of the molecule is O=C(CCS(=O)(=O)C1CCCC1)N1CCN(S(=O)(=O)c2cccc([N+](=O)[O-])c2)CC1. The second-order valence-electron chi connectivity index (χ2n) is 7.56. The first-order valence-corrected chi connectivity index (χ1v) is 13.0. The van der Waals surface area contributed by atoms with Gasteiger partial charge < -0.3 is 4.90 Å². The summed E-state index contributed by atoms with van der Waals surface area (Å²) in [6, 6.07) is 4.85. The summed E-state index contributed by atoms with van der Waals surface area (Å²) >= 11 is 0. The number of sulfonamides is 1. The number of hydrogen-bond donors (Lipinski definition) is 0. The van der Waals surface area contributed by atoms with Crippen LogP contribution in [0.1, 0.15) is 32.1 Å². The van der Waals surface area contributed by atoms with E-state index in [-0.39, 0.29) is 60.1 Å². The van der Waals surface area contributed by atoms with E-state index in [2.05, 4.69) is 0 Å². The number of hydrogen-bond acceptors (Lipinski definition) is 7. The molecule has 1 aliphatic carbocycles. The molecule has 10 nitrogen and oxygen atoms in total. The molecule has 1 aromatic rings. The molecule has 1 aliphatic heterocycles. The van der Waals surface area contributed by atoms with Crippen LogP contribution in [-0.4, -0.2) is 74.1 Å². The highest BCUT2D eigenvalue weighted by atomic mass is 32.2. The van der Waals surface area contributed by atoms with Gasteiger partial charge in [-0.25, -0.2) is 16.8 Å². The molecule has 1 amide bonds. The average molecular weight is 460 g/mol. The molecular formula is C18H25N3O7S2. The molecule has 0 atom stereocenters. The molecule has 0 N–H and O–H groups in total. The van der Waals surface area contributed by atoms with E-state index >= 15 is 0 Å². The Labute approximate surface area is 176 Å². The number of rotatable bonds is 7. The fraction of sp³-hybridized carbons (Fsp3) is 0.611. The molecule has 1 aromatic carbocycles. The van der Waals surface area contributed by atoms with E-state index in [1.807, 2.05) is 0 Å². The molecule has 2 fully saturated rings. The predicted octanol–water partition coefficient (Wildman–Crippen LogP) is 1.18. The summed E-state index contributed by atoms with van der Waals surface area (Å²) in [5, 5.41) is 10.6. The van der Waals surface area contributed by atoms with Crippen LogP contribution in [0.5, 0.6) is 0 Å². The lowest BCUT2D eigenvalue weighted by Gasteiger charge is -2.34. The van der Waals surface area contributed by atoms with E-state index in [4.69, 9.17) is 0 Å². The maximum atomic E-state index is 12.8. The third kappa shape index (κ3) is 4.98. The molecule has 166 valence electrons. The molecule has 0 radical (unpaired) electrons. The van der Waals surface area contributed by atoms with Crippen molar-refractivity contribution in [3.63, 3.8) is 0 Å². The van der Waals surface area contributed by atoms with E-state index in [0.29, 0.717) is 12.8 Å². The van der Waals surface area contributed by atoms with Crippen molar-refractivity contribution < 1.29 is 26.6 Å². The summed E-state index contributed by atoms with van der Waals surface area (Å²) in [4.78, 5) is 24.0. The van der Waals surface area contributed by atoms with Gasteiger partial charge in [0, 0.05) is 44.7 Å². The minimum Gasteiger partial charge on any atom is -0.340 e. The van der Waals surface area contributed by atoms with Crippen LogP contribution in [0.25, 0.3) is 0 Å². The van der Waals surface area contributed by atoms with E-state index < -0.39 is 24.8 Å². The lowest BCUT2D eigenvalue weighted by Crippen LogP contribution is -2.50. The second-order valence-corrected chi connectivity index (χ2v) is 11.9. The molecule has 3 rings (SSSR count). The Morgan fingerprint density at radius 2 is 1.70 bits per heavy atom. The van der Waals surface area contributed by atoms with E-state index in [1.54, 1.807) is 0 Å². The predicted molar refractivity (Wildman–Crippen MR) is 109 cm³/mol. The summed E-state index contributed by atoms with van der Waals surface area (Å²) in [5.74, 6) is -0.480. The van der Waals surface area contributed by atoms with Crippen LogP contribution in [0.2, 0.25) is 0 Å². The fourth-order valence-corrected chi connectivity index (χ4v) is 7.19. The quantitative estimate of drug-likeness (QED) is 0.441. The smallest absolute Gasteiger partial charge is 0.270 e. The Kier molecular flexibility index (Phi) is 6.78. The highest BCUT2D eigenvalue weighted by molar-refractivity contribution is 7.92. The molecule has 30 heavy (non-hydrogen) atoms. The van der Waals surface area contributed by atoms with Crippen molar-refractivity contribution in [1.82, 2.24) is 9.21 Å². The molecule has 1 saturated carbocycles. The molecule has 0 unspecified atom stereocenters. The molecule has 1 heterocycles. The van der Waals surface area contributed by atoms with Crippen molar-refractivity contribution >= 4 is 31.5 Å². The third-order valence-corrected chi connectivity index (χ3v) is 9.82. The van der Waals surface area contributed by atoms with Gasteiger partial charge >= 0.3 is 0 Å². The Morgan fingerprint density at radius 1 is 1.07 bits per heavy atom. The van der Waals surface area contributed by atoms with Crippen LogP contribution in [0.15, 0.2) is 29.2 Å². The first-order chi connectivity index (χ1) is 14.1. The summed E-state index contributed by atoms with van der Waals surface area (Å²) in [7, 11) is -7.20. The van der Waals surface area contributed by atoms with Gasteiger partial charge in [-0.2, -0.15) is 4.31 Å². The summed E-state index contributed by atoms with van der Waals surface area (Å²) in [6.07, 6.45) is 3.02. The zero-order valence-electron chi connectivity index (χ0n) is 16.5. The third-order valence-electron chi connectivity index (χ3n) is 5.67. The van der Waals surface area contributed by atoms with Crippen molar-refractivity contribution in [3.05, 3.63) is 34.4 Å². The molecule has 0 aromatic heterocycles. The van der Waals surface area contributed by atoms with Gasteiger partial charge in [-0.3, -0.25) is 14.9 Å². The first kappa shape index (κ1) is 22.6. The molecule has 12 heteroatoms. The van der Waals surface area contributed by atoms with Gasteiger partial charge in [0.05, 0.1) is 20.8 Å². The van der Waals surface area contributed by atoms with Crippen LogP contribution in [0, 0.1) is 10.1 Å². The summed E-state index contributed by atoms with van der Waals surface area (Å²) in [5.41, 5.74) is -0.312. The zero-order valence-corrected chi connectivity index (χ0v) is 18.1. The Bertz CT molecular complexity index is 1010. The number of nitro benzene ring substituents is 1. The summed E-state index contributed by atoms with van der Waals surface area (Å²) < 4.78 is 51.4. The number of sulfone groups is 1. The molecule has 2 aliphatic rings. The van der Waals surface area contributed by atoms with Crippen molar-refractivity contribution in [2.75, 3.05) is 31.9 Å². The first-order valence-electron chi connectivity index (χ1n) is 9.85. The van der Waals surface area contributed by atoms with Gasteiger partial charge in [-0.15, -0.1) is 0 Å². The largest absolute Gasteiger partial charge is 0.340 e. The van der Waals surface area contributed by atoms with E-state index in [9.17, 15) is 31.7 Å². The number of carbonyl (C=O) groups excluding carboxylic acids is 1. The number of piperazine rings is 1. The summed E-state index contributed by atoms with van der Waals surface area (Å²) in [6.45, 7) is 0.394. The molecular weight excluding hydrogens is 434 g/mol. The normalized spacial score (nSPS) is 19.1. The molecule has 1 saturated heterocycles. The van der Waals surface area contributed by atoms with Crippen molar-refractivity contribution in [2.45, 2.75) is 42.2 Å². The lowest BCUT2D eigenvalue weighted by molar-refractivity contribution is -0.385. The van der Waals surface area contributed by atoms with Gasteiger partial charge in [-0.1, -0.05) is 18.9 Å². The highest BCUT2D eigenvalue weighted by Gasteiger charge is 2.33. The second kappa shape index (κ2) is 8.98. The Balaban J connectivity index is 1.56. The van der Waals surface area contributed by atoms with Gasteiger partial charge in [-0.05, 0) is 18.9 Å². The van der Waals surface area contributed by atoms with Gasteiger partial charge in [0.15, 0.2) is 9.84 Å². The van der Waals surface area contributed by atoms with Crippen LogP contribution in [-0.2, 0) is 24.7 Å². The Hall–Kier alpha value is -2.05.